The Hall–Kier alpha value is -0.120. The van der Waals surface area contributed by atoms with Gasteiger partial charge in [0, 0.05) is 19.8 Å². The van der Waals surface area contributed by atoms with Gasteiger partial charge in [0.1, 0.15) is 0 Å². The molecule has 3 nitrogen and oxygen atoms in total. The zero-order chi connectivity index (χ0) is 13.6. The molecule has 1 aliphatic rings. The second-order valence-electron chi connectivity index (χ2n) is 6.14. The van der Waals surface area contributed by atoms with E-state index in [-0.39, 0.29) is 5.60 Å². The van der Waals surface area contributed by atoms with Crippen molar-refractivity contribution in [1.82, 2.24) is 5.32 Å². The summed E-state index contributed by atoms with van der Waals surface area (Å²) in [7, 11) is 3.87. The first kappa shape index (κ1) is 15.9. The van der Waals surface area contributed by atoms with E-state index in [1.54, 1.807) is 7.11 Å². The number of nitrogens with one attached hydrogen (secondary N) is 1. The molecule has 0 aromatic heterocycles. The van der Waals surface area contributed by atoms with Crippen LogP contribution in [0.1, 0.15) is 52.9 Å². The molecule has 0 aromatic rings. The Kier molecular flexibility index (Phi) is 6.61. The quantitative estimate of drug-likeness (QED) is 0.689. The molecule has 1 fully saturated rings. The molecule has 18 heavy (non-hydrogen) atoms. The maximum Gasteiger partial charge on any atom is 0.0623 e. The highest BCUT2D eigenvalue weighted by molar-refractivity contribution is 4.84. The average molecular weight is 257 g/mol. The minimum atomic E-state index is 0.00255. The van der Waals surface area contributed by atoms with Crippen molar-refractivity contribution >= 4 is 0 Å². The molecule has 0 radical (unpaired) electrons. The molecule has 0 aromatic carbocycles. The summed E-state index contributed by atoms with van der Waals surface area (Å²) in [6, 6.07) is 0.618. The Labute approximate surface area is 113 Å². The Morgan fingerprint density at radius 3 is 2.50 bits per heavy atom. The van der Waals surface area contributed by atoms with Crippen molar-refractivity contribution in [1.29, 1.82) is 0 Å². The molecule has 3 heteroatoms. The second-order valence-corrected chi connectivity index (χ2v) is 6.14. The summed E-state index contributed by atoms with van der Waals surface area (Å²) in [6.45, 7) is 7.26. The van der Waals surface area contributed by atoms with Crippen molar-refractivity contribution in [2.45, 2.75) is 70.6 Å². The van der Waals surface area contributed by atoms with Gasteiger partial charge in [0.15, 0.2) is 0 Å². The lowest BCUT2D eigenvalue weighted by molar-refractivity contribution is -0.0306. The van der Waals surface area contributed by atoms with E-state index in [4.69, 9.17) is 9.47 Å². The van der Waals surface area contributed by atoms with Crippen molar-refractivity contribution in [3.05, 3.63) is 0 Å². The Bertz CT molecular complexity index is 225. The van der Waals surface area contributed by atoms with Gasteiger partial charge >= 0.3 is 0 Å². The first-order valence-corrected chi connectivity index (χ1v) is 7.34. The minimum absolute atomic E-state index is 0.00255. The van der Waals surface area contributed by atoms with Crippen LogP contribution in [0.5, 0.6) is 0 Å². The van der Waals surface area contributed by atoms with E-state index in [2.05, 4.69) is 33.1 Å². The topological polar surface area (TPSA) is 30.5 Å². The van der Waals surface area contributed by atoms with E-state index >= 15 is 0 Å². The Morgan fingerprint density at radius 1 is 1.33 bits per heavy atom. The van der Waals surface area contributed by atoms with Crippen LogP contribution >= 0.6 is 0 Å². The fourth-order valence-electron chi connectivity index (χ4n) is 2.65. The predicted molar refractivity (Wildman–Crippen MR) is 75.9 cm³/mol. The van der Waals surface area contributed by atoms with Gasteiger partial charge < -0.3 is 14.8 Å². The van der Waals surface area contributed by atoms with Gasteiger partial charge in [-0.2, -0.15) is 0 Å². The van der Waals surface area contributed by atoms with E-state index in [0.29, 0.717) is 12.1 Å². The van der Waals surface area contributed by atoms with Gasteiger partial charge in [0.05, 0.1) is 11.7 Å². The molecule has 0 spiro atoms. The normalized spacial score (nSPS) is 25.8. The molecule has 1 aliphatic carbocycles. The maximum absolute atomic E-state index is 5.61. The van der Waals surface area contributed by atoms with Crippen LogP contribution in [-0.4, -0.2) is 38.5 Å². The highest BCUT2D eigenvalue weighted by Crippen LogP contribution is 2.34. The fraction of sp³-hybridized carbons (Fsp3) is 1.00. The number of hydrogen-bond donors (Lipinski definition) is 1. The third kappa shape index (κ3) is 5.25. The maximum atomic E-state index is 5.61. The molecule has 1 rings (SSSR count). The van der Waals surface area contributed by atoms with Gasteiger partial charge in [-0.15, -0.1) is 0 Å². The molecule has 0 saturated heterocycles. The third-order valence-corrected chi connectivity index (χ3v) is 4.27. The summed E-state index contributed by atoms with van der Waals surface area (Å²) < 4.78 is 11.1. The standard InChI is InChI=1S/C15H31NO2/c1-6-18-14-10-12(11-14)9-13(16-4)7-8-15(2,3)17-5/h12-14,16H,6-11H2,1-5H3. The summed E-state index contributed by atoms with van der Waals surface area (Å²) >= 11 is 0. The summed E-state index contributed by atoms with van der Waals surface area (Å²) in [5, 5.41) is 3.45. The summed E-state index contributed by atoms with van der Waals surface area (Å²) in [5.74, 6) is 0.852. The lowest BCUT2D eigenvalue weighted by Gasteiger charge is -2.37. The van der Waals surface area contributed by atoms with Crippen LogP contribution in [0.15, 0.2) is 0 Å². The SMILES string of the molecule is CCOC1CC(CC(CCC(C)(C)OC)NC)C1. The number of hydrogen-bond acceptors (Lipinski definition) is 3. The smallest absolute Gasteiger partial charge is 0.0623 e. The molecule has 1 N–H and O–H groups in total. The van der Waals surface area contributed by atoms with Crippen LogP contribution in [0.4, 0.5) is 0 Å². The molecule has 1 saturated carbocycles. The van der Waals surface area contributed by atoms with Crippen molar-refractivity contribution in [3.8, 4) is 0 Å². The summed E-state index contributed by atoms with van der Waals surface area (Å²) in [6.07, 6.45) is 6.61. The number of methoxy groups -OCH3 is 1. The lowest BCUT2D eigenvalue weighted by Crippen LogP contribution is -2.38. The van der Waals surface area contributed by atoms with E-state index in [9.17, 15) is 0 Å². The first-order valence-electron chi connectivity index (χ1n) is 7.34. The molecule has 0 bridgehead atoms. The van der Waals surface area contributed by atoms with Crippen molar-refractivity contribution in [2.75, 3.05) is 20.8 Å². The average Bonchev–Trinajstić information content (AvgIpc) is 2.30. The molecular weight excluding hydrogens is 226 g/mol. The monoisotopic (exact) mass is 257 g/mol. The van der Waals surface area contributed by atoms with Crippen LogP contribution < -0.4 is 5.32 Å². The van der Waals surface area contributed by atoms with Crippen LogP contribution in [-0.2, 0) is 9.47 Å². The Morgan fingerprint density at radius 2 is 2.00 bits per heavy atom. The molecule has 0 aliphatic heterocycles. The van der Waals surface area contributed by atoms with Crippen molar-refractivity contribution < 1.29 is 9.47 Å². The van der Waals surface area contributed by atoms with Crippen molar-refractivity contribution in [3.63, 3.8) is 0 Å². The van der Waals surface area contributed by atoms with E-state index in [1.807, 2.05) is 0 Å². The van der Waals surface area contributed by atoms with Crippen LogP contribution in [0.25, 0.3) is 0 Å². The Balaban J connectivity index is 2.19. The zero-order valence-corrected chi connectivity index (χ0v) is 12.8. The number of ether oxygens (including phenoxy) is 2. The molecule has 1 unspecified atom stereocenters. The summed E-state index contributed by atoms with van der Waals surface area (Å²) in [4.78, 5) is 0. The van der Waals surface area contributed by atoms with Gasteiger partial charge in [-0.05, 0) is 65.8 Å². The van der Waals surface area contributed by atoms with Gasteiger partial charge in [-0.1, -0.05) is 0 Å². The predicted octanol–water partition coefficient (Wildman–Crippen LogP) is 2.98. The van der Waals surface area contributed by atoms with Gasteiger partial charge in [0.25, 0.3) is 0 Å². The van der Waals surface area contributed by atoms with E-state index < -0.39 is 0 Å². The van der Waals surface area contributed by atoms with Crippen LogP contribution in [0.2, 0.25) is 0 Å². The van der Waals surface area contributed by atoms with Gasteiger partial charge in [-0.3, -0.25) is 0 Å². The lowest BCUT2D eigenvalue weighted by atomic mass is 9.77. The van der Waals surface area contributed by atoms with Gasteiger partial charge in [-0.25, -0.2) is 0 Å². The van der Waals surface area contributed by atoms with E-state index in [0.717, 1.165) is 18.9 Å². The summed E-state index contributed by atoms with van der Waals surface area (Å²) in [5.41, 5.74) is 0.00255. The van der Waals surface area contributed by atoms with Crippen LogP contribution in [0, 0.1) is 5.92 Å². The second kappa shape index (κ2) is 7.46. The van der Waals surface area contributed by atoms with Crippen molar-refractivity contribution in [2.24, 2.45) is 5.92 Å². The molecular formula is C15H31NO2. The largest absolute Gasteiger partial charge is 0.379 e. The molecule has 1 atom stereocenters. The first-order chi connectivity index (χ1) is 8.50. The molecule has 108 valence electrons. The zero-order valence-electron chi connectivity index (χ0n) is 12.8. The third-order valence-electron chi connectivity index (χ3n) is 4.27. The fourth-order valence-corrected chi connectivity index (χ4v) is 2.65. The highest BCUT2D eigenvalue weighted by Gasteiger charge is 2.31. The molecule has 0 heterocycles. The van der Waals surface area contributed by atoms with Crippen LogP contribution in [0.3, 0.4) is 0 Å². The molecule has 0 amide bonds. The van der Waals surface area contributed by atoms with Gasteiger partial charge in [0.2, 0.25) is 0 Å². The van der Waals surface area contributed by atoms with E-state index in [1.165, 1.54) is 25.7 Å². The minimum Gasteiger partial charge on any atom is -0.379 e. The highest BCUT2D eigenvalue weighted by atomic mass is 16.5. The number of rotatable bonds is 9.